The Morgan fingerprint density at radius 3 is 1.73 bits per heavy atom. The van der Waals surface area contributed by atoms with E-state index in [9.17, 15) is 0 Å². The van der Waals surface area contributed by atoms with Gasteiger partial charge in [0, 0.05) is 38.0 Å². The van der Waals surface area contributed by atoms with Gasteiger partial charge in [0.1, 0.15) is 0 Å². The van der Waals surface area contributed by atoms with E-state index >= 15 is 0 Å². The van der Waals surface area contributed by atoms with Crippen LogP contribution in [0.2, 0.25) is 0 Å². The van der Waals surface area contributed by atoms with Crippen molar-refractivity contribution in [2.24, 2.45) is 0 Å². The Labute approximate surface area is 201 Å². The number of para-hydroxylation sites is 3. The highest BCUT2D eigenvalue weighted by atomic mass is 79.9. The molecule has 0 aliphatic rings. The summed E-state index contributed by atoms with van der Waals surface area (Å²) in [5, 5.41) is 2.47. The van der Waals surface area contributed by atoms with Gasteiger partial charge in [-0.05, 0) is 66.7 Å². The molecule has 1 heterocycles. The monoisotopic (exact) mass is 488 g/mol. The zero-order valence-corrected chi connectivity index (χ0v) is 19.5. The maximum atomic E-state index is 3.67. The molecule has 0 fully saturated rings. The topological polar surface area (TPSA) is 8.17 Å². The van der Waals surface area contributed by atoms with E-state index in [2.05, 4.69) is 153 Å². The van der Waals surface area contributed by atoms with Crippen molar-refractivity contribution in [2.75, 3.05) is 4.90 Å². The van der Waals surface area contributed by atoms with Gasteiger partial charge in [-0.1, -0.05) is 76.6 Å². The van der Waals surface area contributed by atoms with Crippen molar-refractivity contribution >= 4 is 54.8 Å². The van der Waals surface area contributed by atoms with Gasteiger partial charge in [-0.2, -0.15) is 0 Å². The highest BCUT2D eigenvalue weighted by Gasteiger charge is 2.17. The fraction of sp³-hybridized carbons (Fsp3) is 0. The van der Waals surface area contributed by atoms with Gasteiger partial charge in [-0.3, -0.25) is 0 Å². The summed E-state index contributed by atoms with van der Waals surface area (Å²) in [4.78, 5) is 2.31. The molecule has 0 spiro atoms. The van der Waals surface area contributed by atoms with Gasteiger partial charge in [0.05, 0.1) is 11.0 Å². The number of aromatic nitrogens is 1. The van der Waals surface area contributed by atoms with Gasteiger partial charge in [-0.15, -0.1) is 0 Å². The first-order valence-corrected chi connectivity index (χ1v) is 11.8. The molecule has 0 amide bonds. The number of halogens is 1. The summed E-state index contributed by atoms with van der Waals surface area (Å²) in [6.45, 7) is 0. The predicted molar refractivity (Wildman–Crippen MR) is 143 cm³/mol. The van der Waals surface area contributed by atoms with Crippen LogP contribution in [-0.4, -0.2) is 4.57 Å². The first-order valence-electron chi connectivity index (χ1n) is 11.0. The van der Waals surface area contributed by atoms with E-state index in [1.54, 1.807) is 0 Å². The maximum absolute atomic E-state index is 3.67. The Hall–Kier alpha value is -3.82. The van der Waals surface area contributed by atoms with E-state index in [1.165, 1.54) is 21.8 Å². The van der Waals surface area contributed by atoms with Crippen molar-refractivity contribution in [1.29, 1.82) is 0 Å². The molecule has 6 rings (SSSR count). The molecule has 158 valence electrons. The van der Waals surface area contributed by atoms with Crippen LogP contribution in [0.15, 0.2) is 132 Å². The highest BCUT2D eigenvalue weighted by molar-refractivity contribution is 9.10. The molecule has 0 aliphatic heterocycles. The number of hydrogen-bond donors (Lipinski definition) is 0. The molecule has 5 aromatic carbocycles. The highest BCUT2D eigenvalue weighted by Crippen LogP contribution is 2.39. The van der Waals surface area contributed by atoms with Crippen LogP contribution in [0, 0.1) is 0 Å². The summed E-state index contributed by atoms with van der Waals surface area (Å²) >= 11 is 3.67. The zero-order valence-electron chi connectivity index (χ0n) is 17.9. The van der Waals surface area contributed by atoms with Crippen LogP contribution in [-0.2, 0) is 0 Å². The largest absolute Gasteiger partial charge is 0.310 e. The number of rotatable bonds is 4. The molecule has 2 nitrogen and oxygen atoms in total. The van der Waals surface area contributed by atoms with E-state index in [0.29, 0.717) is 0 Å². The predicted octanol–water partition coefficient (Wildman–Crippen LogP) is 9.02. The maximum Gasteiger partial charge on any atom is 0.0561 e. The van der Waals surface area contributed by atoms with E-state index in [-0.39, 0.29) is 0 Å². The van der Waals surface area contributed by atoms with Gasteiger partial charge < -0.3 is 9.47 Å². The molecule has 0 aliphatic carbocycles. The molecular formula is C30H21BrN2. The van der Waals surface area contributed by atoms with E-state index in [1.807, 2.05) is 0 Å². The van der Waals surface area contributed by atoms with E-state index in [0.717, 1.165) is 27.2 Å². The van der Waals surface area contributed by atoms with Gasteiger partial charge >= 0.3 is 0 Å². The minimum atomic E-state index is 1.08. The number of fused-ring (bicyclic) bond motifs is 3. The summed E-state index contributed by atoms with van der Waals surface area (Å²) in [6, 6.07) is 44.9. The lowest BCUT2D eigenvalue weighted by atomic mass is 10.1. The average Bonchev–Trinajstić information content (AvgIpc) is 3.19. The molecule has 0 radical (unpaired) electrons. The summed E-state index contributed by atoms with van der Waals surface area (Å²) in [6.07, 6.45) is 0. The van der Waals surface area contributed by atoms with Crippen molar-refractivity contribution < 1.29 is 0 Å². The molecule has 0 saturated heterocycles. The normalized spacial score (nSPS) is 11.2. The zero-order chi connectivity index (χ0) is 22.2. The van der Waals surface area contributed by atoms with Crippen molar-refractivity contribution in [2.45, 2.75) is 0 Å². The van der Waals surface area contributed by atoms with Gasteiger partial charge in [0.25, 0.3) is 0 Å². The SMILES string of the molecule is Brc1ccc2c(c1)c1ccc(N(c3ccccc3)c3ccccc3)cc1n2-c1ccccc1. The third kappa shape index (κ3) is 3.51. The molecule has 0 saturated carbocycles. The van der Waals surface area contributed by atoms with E-state index in [4.69, 9.17) is 0 Å². The standard InChI is InChI=1S/C30H21BrN2/c31-22-16-19-29-28(20-22)27-18-17-26(21-30(27)33(29)25-14-8-3-9-15-25)32(23-10-4-1-5-11-23)24-12-6-2-7-13-24/h1-21H. The molecule has 0 bridgehead atoms. The van der Waals surface area contributed by atoms with Gasteiger partial charge in [-0.25, -0.2) is 0 Å². The molecule has 0 N–H and O–H groups in total. The van der Waals surface area contributed by atoms with Crippen LogP contribution in [0.3, 0.4) is 0 Å². The van der Waals surface area contributed by atoms with E-state index < -0.39 is 0 Å². The fourth-order valence-electron chi connectivity index (χ4n) is 4.58. The Bertz CT molecular complexity index is 1520. The molecule has 6 aromatic rings. The van der Waals surface area contributed by atoms with Gasteiger partial charge in [0.2, 0.25) is 0 Å². The minimum absolute atomic E-state index is 1.08. The Morgan fingerprint density at radius 1 is 0.485 bits per heavy atom. The second-order valence-corrected chi connectivity index (χ2v) is 8.96. The Balaban J connectivity index is 1.65. The van der Waals surface area contributed by atoms with Crippen LogP contribution in [0.4, 0.5) is 17.1 Å². The smallest absolute Gasteiger partial charge is 0.0561 e. The molecule has 0 atom stereocenters. The Kier molecular flexibility index (Phi) is 4.97. The summed E-state index contributed by atoms with van der Waals surface area (Å²) in [5.41, 5.74) is 6.93. The Morgan fingerprint density at radius 2 is 1.09 bits per heavy atom. The first kappa shape index (κ1) is 19.8. The minimum Gasteiger partial charge on any atom is -0.310 e. The van der Waals surface area contributed by atoms with Crippen LogP contribution in [0.1, 0.15) is 0 Å². The molecule has 33 heavy (non-hydrogen) atoms. The van der Waals surface area contributed by atoms with Crippen molar-refractivity contribution in [3.8, 4) is 5.69 Å². The lowest BCUT2D eigenvalue weighted by Crippen LogP contribution is -2.09. The third-order valence-corrected chi connectivity index (χ3v) is 6.51. The number of benzene rings is 5. The number of anilines is 3. The van der Waals surface area contributed by atoms with Crippen LogP contribution in [0.25, 0.3) is 27.5 Å². The number of nitrogens with zero attached hydrogens (tertiary/aromatic N) is 2. The van der Waals surface area contributed by atoms with Crippen molar-refractivity contribution in [1.82, 2.24) is 4.57 Å². The molecule has 1 aromatic heterocycles. The van der Waals surface area contributed by atoms with Crippen molar-refractivity contribution in [3.63, 3.8) is 0 Å². The first-order chi connectivity index (χ1) is 16.3. The molecule has 3 heteroatoms. The molecular weight excluding hydrogens is 468 g/mol. The summed E-state index contributed by atoms with van der Waals surface area (Å²) in [7, 11) is 0. The quantitative estimate of drug-likeness (QED) is 0.240. The second kappa shape index (κ2) is 8.27. The van der Waals surface area contributed by atoms with Crippen molar-refractivity contribution in [3.05, 3.63) is 132 Å². The second-order valence-electron chi connectivity index (χ2n) is 8.04. The number of hydrogen-bond acceptors (Lipinski definition) is 1. The van der Waals surface area contributed by atoms with Crippen LogP contribution >= 0.6 is 15.9 Å². The van der Waals surface area contributed by atoms with Crippen LogP contribution < -0.4 is 4.90 Å². The average molecular weight is 489 g/mol. The lowest BCUT2D eigenvalue weighted by molar-refractivity contribution is 1.18. The summed E-state index contributed by atoms with van der Waals surface area (Å²) < 4.78 is 3.44. The summed E-state index contributed by atoms with van der Waals surface area (Å²) in [5.74, 6) is 0. The third-order valence-electron chi connectivity index (χ3n) is 6.01. The lowest BCUT2D eigenvalue weighted by Gasteiger charge is -2.25. The van der Waals surface area contributed by atoms with Crippen LogP contribution in [0.5, 0.6) is 0 Å². The van der Waals surface area contributed by atoms with Gasteiger partial charge in [0.15, 0.2) is 0 Å². The molecule has 0 unspecified atom stereocenters. The fourth-order valence-corrected chi connectivity index (χ4v) is 4.94.